The van der Waals surface area contributed by atoms with Gasteiger partial charge >= 0.3 is 0 Å². The zero-order chi connectivity index (χ0) is 23.3. The first-order valence-electron chi connectivity index (χ1n) is 13.6. The number of unbranched alkanes of at least 4 members (excludes halogenated alkanes) is 15. The Kier molecular flexibility index (Phi) is 18.8. The van der Waals surface area contributed by atoms with Crippen LogP contribution in [0.25, 0.3) is 0 Å². The minimum absolute atomic E-state index is 0.288. The summed E-state index contributed by atoms with van der Waals surface area (Å²) in [5, 5.41) is 0. The fourth-order valence-electron chi connectivity index (χ4n) is 4.00. The molecule has 0 aromatic heterocycles. The predicted molar refractivity (Wildman–Crippen MR) is 147 cm³/mol. The minimum Gasteiger partial charge on any atom is -0.494 e. The topological polar surface area (TPSA) is 9.23 Å². The van der Waals surface area contributed by atoms with Crippen LogP contribution < -0.4 is 4.74 Å². The van der Waals surface area contributed by atoms with Crippen LogP contribution in [0.1, 0.15) is 124 Å². The van der Waals surface area contributed by atoms with Gasteiger partial charge in [-0.05, 0) is 50.6 Å². The number of allylic oxidation sites excluding steroid dienone is 1. The van der Waals surface area contributed by atoms with Crippen LogP contribution in [0.3, 0.4) is 0 Å². The molecular weight excluding hydrogens is 408 g/mol. The summed E-state index contributed by atoms with van der Waals surface area (Å²) in [5.74, 6) is 2.16. The smallest absolute Gasteiger partial charge is 0.155 e. The molecule has 0 heterocycles. The van der Waals surface area contributed by atoms with Gasteiger partial charge in [0.1, 0.15) is 17.8 Å². The van der Waals surface area contributed by atoms with Gasteiger partial charge in [-0.3, -0.25) is 0 Å². The van der Waals surface area contributed by atoms with Crippen molar-refractivity contribution in [2.24, 2.45) is 0 Å². The summed E-state index contributed by atoms with van der Waals surface area (Å²) < 4.78 is 5.95. The molecule has 1 atom stereocenters. The molecule has 0 fully saturated rings. The van der Waals surface area contributed by atoms with Gasteiger partial charge in [0.25, 0.3) is 0 Å². The lowest BCUT2D eigenvalue weighted by Crippen LogP contribution is -2.04. The summed E-state index contributed by atoms with van der Waals surface area (Å²) >= 11 is 0. The second kappa shape index (κ2) is 20.7. The lowest BCUT2D eigenvalue weighted by atomic mass is 10.0. The van der Waals surface area contributed by atoms with Crippen LogP contribution in [0.2, 0.25) is 0 Å². The highest BCUT2D eigenvalue weighted by Gasteiger charge is 2.13. The van der Waals surface area contributed by atoms with E-state index in [0.29, 0.717) is 0 Å². The van der Waals surface area contributed by atoms with Crippen LogP contribution >= 0.6 is 0 Å². The van der Waals surface area contributed by atoms with Crippen molar-refractivity contribution in [3.8, 4) is 5.75 Å². The molecule has 0 aliphatic rings. The number of rotatable bonds is 21. The summed E-state index contributed by atoms with van der Waals surface area (Å²) in [5.41, 5.74) is 1.41. The molecule has 0 saturated heterocycles. The highest BCUT2D eigenvalue weighted by molar-refractivity contribution is 7.96. The molecule has 1 aromatic carbocycles. The molecule has 0 spiro atoms. The number of hydrogen-bond acceptors (Lipinski definition) is 1. The molecule has 1 aromatic rings. The van der Waals surface area contributed by atoms with E-state index in [1.165, 1.54) is 113 Å². The minimum atomic E-state index is 0.288. The van der Waals surface area contributed by atoms with Gasteiger partial charge in [0, 0.05) is 10.9 Å². The van der Waals surface area contributed by atoms with E-state index in [1.54, 1.807) is 0 Å². The fraction of sp³-hybridized carbons (Fsp3) is 0.733. The van der Waals surface area contributed by atoms with Crippen LogP contribution in [-0.2, 0) is 10.9 Å². The van der Waals surface area contributed by atoms with Gasteiger partial charge in [-0.15, -0.1) is 0 Å². The Bertz CT molecular complexity index is 559. The molecule has 0 bridgehead atoms. The highest BCUT2D eigenvalue weighted by Crippen LogP contribution is 2.19. The molecule has 0 radical (unpaired) electrons. The van der Waals surface area contributed by atoms with Crippen molar-refractivity contribution in [2.75, 3.05) is 18.6 Å². The van der Waals surface area contributed by atoms with Gasteiger partial charge < -0.3 is 4.74 Å². The average molecular weight is 462 g/mol. The van der Waals surface area contributed by atoms with E-state index in [9.17, 15) is 0 Å². The first-order valence-corrected chi connectivity index (χ1v) is 15.4. The molecule has 0 N–H and O–H groups in total. The second-order valence-corrected chi connectivity index (χ2v) is 11.8. The second-order valence-electron chi connectivity index (χ2n) is 9.71. The third-order valence-corrected chi connectivity index (χ3v) is 7.98. The standard InChI is InChI=1S/C30H53OS/c1-5-6-7-8-9-10-11-12-13-14-15-16-17-18-19-20-26-31-29-21-23-30(24-22-29)32(4)27-25-28(2)3/h21-25H,5-20,26-27H2,1-4H3/q+1. The van der Waals surface area contributed by atoms with Crippen LogP contribution in [-0.4, -0.2) is 18.6 Å². The lowest BCUT2D eigenvalue weighted by molar-refractivity contribution is 0.304. The van der Waals surface area contributed by atoms with E-state index in [-0.39, 0.29) is 10.9 Å². The Morgan fingerprint density at radius 2 is 1.12 bits per heavy atom. The molecule has 32 heavy (non-hydrogen) atoms. The van der Waals surface area contributed by atoms with E-state index >= 15 is 0 Å². The molecular formula is C30H53OS+. The molecule has 1 rings (SSSR count). The van der Waals surface area contributed by atoms with E-state index in [1.807, 2.05) is 0 Å². The Morgan fingerprint density at radius 1 is 0.688 bits per heavy atom. The number of benzene rings is 1. The highest BCUT2D eigenvalue weighted by atomic mass is 32.2. The molecule has 2 heteroatoms. The maximum absolute atomic E-state index is 5.95. The third kappa shape index (κ3) is 16.7. The number of hydrogen-bond donors (Lipinski definition) is 0. The summed E-state index contributed by atoms with van der Waals surface area (Å²) in [6.07, 6.45) is 27.2. The largest absolute Gasteiger partial charge is 0.494 e. The summed E-state index contributed by atoms with van der Waals surface area (Å²) in [6, 6.07) is 8.78. The van der Waals surface area contributed by atoms with Crippen molar-refractivity contribution >= 4 is 10.9 Å². The predicted octanol–water partition coefficient (Wildman–Crippen LogP) is 9.90. The van der Waals surface area contributed by atoms with E-state index in [0.717, 1.165) is 18.1 Å². The van der Waals surface area contributed by atoms with E-state index in [2.05, 4.69) is 57.4 Å². The molecule has 0 amide bonds. The van der Waals surface area contributed by atoms with Crippen molar-refractivity contribution in [3.05, 3.63) is 35.9 Å². The van der Waals surface area contributed by atoms with Gasteiger partial charge in [0.15, 0.2) is 4.90 Å². The van der Waals surface area contributed by atoms with Crippen molar-refractivity contribution in [1.82, 2.24) is 0 Å². The van der Waals surface area contributed by atoms with Crippen LogP contribution in [0.4, 0.5) is 0 Å². The normalized spacial score (nSPS) is 12.0. The summed E-state index contributed by atoms with van der Waals surface area (Å²) in [6.45, 7) is 7.50. The molecule has 184 valence electrons. The van der Waals surface area contributed by atoms with Gasteiger partial charge in [-0.1, -0.05) is 109 Å². The van der Waals surface area contributed by atoms with Crippen molar-refractivity contribution in [3.63, 3.8) is 0 Å². The van der Waals surface area contributed by atoms with Gasteiger partial charge in [0.2, 0.25) is 0 Å². The SMILES string of the molecule is CCCCCCCCCCCCCCCCCCOc1ccc([S+](C)CC=C(C)C)cc1. The third-order valence-electron chi connectivity index (χ3n) is 6.23. The van der Waals surface area contributed by atoms with Crippen molar-refractivity contribution < 1.29 is 4.74 Å². The molecule has 0 aliphatic carbocycles. The average Bonchev–Trinajstić information content (AvgIpc) is 2.80. The van der Waals surface area contributed by atoms with Crippen molar-refractivity contribution in [1.29, 1.82) is 0 Å². The first kappa shape index (κ1) is 29.1. The molecule has 0 saturated carbocycles. The summed E-state index contributed by atoms with van der Waals surface area (Å²) in [4.78, 5) is 1.43. The van der Waals surface area contributed by atoms with Gasteiger partial charge in [0.05, 0.1) is 6.61 Å². The monoisotopic (exact) mass is 461 g/mol. The zero-order valence-electron chi connectivity index (χ0n) is 21.9. The Hall–Kier alpha value is -0.890. The van der Waals surface area contributed by atoms with Crippen LogP contribution in [0.5, 0.6) is 5.75 Å². The fourth-order valence-corrected chi connectivity index (χ4v) is 5.37. The maximum Gasteiger partial charge on any atom is 0.155 e. The molecule has 1 nitrogen and oxygen atoms in total. The Labute approximate surface area is 204 Å². The van der Waals surface area contributed by atoms with Gasteiger partial charge in [-0.25, -0.2) is 0 Å². The van der Waals surface area contributed by atoms with Gasteiger partial charge in [-0.2, -0.15) is 0 Å². The van der Waals surface area contributed by atoms with E-state index < -0.39 is 0 Å². The van der Waals surface area contributed by atoms with Crippen LogP contribution in [0.15, 0.2) is 40.8 Å². The van der Waals surface area contributed by atoms with E-state index in [4.69, 9.17) is 4.74 Å². The lowest BCUT2D eigenvalue weighted by Gasteiger charge is -2.07. The molecule has 1 unspecified atom stereocenters. The molecule has 0 aliphatic heterocycles. The van der Waals surface area contributed by atoms with Crippen LogP contribution in [0, 0.1) is 0 Å². The van der Waals surface area contributed by atoms with Crippen molar-refractivity contribution in [2.45, 2.75) is 128 Å². The summed E-state index contributed by atoms with van der Waals surface area (Å²) in [7, 11) is 0.288. The number of ether oxygens (including phenoxy) is 1. The maximum atomic E-state index is 5.95. The first-order chi connectivity index (χ1) is 15.6. The zero-order valence-corrected chi connectivity index (χ0v) is 22.7. The Morgan fingerprint density at radius 3 is 1.56 bits per heavy atom. The Balaban J connectivity index is 1.89. The quantitative estimate of drug-likeness (QED) is 0.100.